The van der Waals surface area contributed by atoms with Crippen molar-refractivity contribution in [2.75, 3.05) is 18.5 Å². The van der Waals surface area contributed by atoms with Crippen LogP contribution >= 0.6 is 0 Å². The molecule has 2 N–H and O–H groups in total. The summed E-state index contributed by atoms with van der Waals surface area (Å²) in [5.74, 6) is -1.11. The number of rotatable bonds is 3. The molecule has 5 nitrogen and oxygen atoms in total. The smallest absolute Gasteiger partial charge is 0.313 e. The molecule has 132 valence electrons. The average Bonchev–Trinajstić information content (AvgIpc) is 2.54. The third kappa shape index (κ3) is 4.57. The number of carbonyl (C=O) groups is 2. The number of aliphatic hydroxyl groups is 1. The Balaban J connectivity index is 2.01. The van der Waals surface area contributed by atoms with Crippen LogP contribution in [0.3, 0.4) is 0 Å². The number of hydrogen-bond acceptors (Lipinski definition) is 3. The molecular formula is C19H28N2O3. The summed E-state index contributed by atoms with van der Waals surface area (Å²) >= 11 is 0. The molecule has 24 heavy (non-hydrogen) atoms. The third-order valence-electron chi connectivity index (χ3n) is 4.55. The maximum Gasteiger partial charge on any atom is 0.313 e. The second-order valence-electron chi connectivity index (χ2n) is 7.44. The first-order chi connectivity index (χ1) is 11.3. The van der Waals surface area contributed by atoms with E-state index in [9.17, 15) is 9.59 Å². The molecule has 1 aliphatic rings. The summed E-state index contributed by atoms with van der Waals surface area (Å²) in [4.78, 5) is 26.3. The van der Waals surface area contributed by atoms with Crippen molar-refractivity contribution in [3.05, 3.63) is 29.8 Å². The topological polar surface area (TPSA) is 69.6 Å². The van der Waals surface area contributed by atoms with E-state index >= 15 is 0 Å². The van der Waals surface area contributed by atoms with E-state index in [4.69, 9.17) is 5.11 Å². The van der Waals surface area contributed by atoms with Crippen LogP contribution in [0.5, 0.6) is 0 Å². The number of nitrogens with one attached hydrogen (secondary N) is 1. The number of amides is 2. The summed E-state index contributed by atoms with van der Waals surface area (Å²) in [5.41, 5.74) is 1.84. The Morgan fingerprint density at radius 2 is 1.88 bits per heavy atom. The Labute approximate surface area is 144 Å². The molecule has 1 aromatic carbocycles. The Morgan fingerprint density at radius 3 is 2.46 bits per heavy atom. The zero-order valence-electron chi connectivity index (χ0n) is 14.8. The lowest BCUT2D eigenvalue weighted by Gasteiger charge is -2.35. The van der Waals surface area contributed by atoms with E-state index in [1.807, 2.05) is 24.3 Å². The highest BCUT2D eigenvalue weighted by Crippen LogP contribution is 2.24. The SMILES string of the molecule is CC(C)(C)c1ccc(NC(=O)C(=O)N2CCCCC2CCO)cc1. The third-order valence-corrected chi connectivity index (χ3v) is 4.55. The lowest BCUT2D eigenvalue weighted by molar-refractivity contribution is -0.146. The highest BCUT2D eigenvalue weighted by Gasteiger charge is 2.30. The van der Waals surface area contributed by atoms with Crippen LogP contribution in [0.25, 0.3) is 0 Å². The van der Waals surface area contributed by atoms with Crippen LogP contribution in [0.4, 0.5) is 5.69 Å². The van der Waals surface area contributed by atoms with E-state index in [1.165, 1.54) is 5.56 Å². The molecule has 2 amide bonds. The van der Waals surface area contributed by atoms with E-state index in [-0.39, 0.29) is 18.1 Å². The molecule has 0 aliphatic carbocycles. The monoisotopic (exact) mass is 332 g/mol. The number of nitrogens with zero attached hydrogens (tertiary/aromatic N) is 1. The summed E-state index contributed by atoms with van der Waals surface area (Å²) in [7, 11) is 0. The molecule has 5 heteroatoms. The number of carbonyl (C=O) groups excluding carboxylic acids is 2. The molecule has 0 spiro atoms. The van der Waals surface area contributed by atoms with E-state index in [0.717, 1.165) is 19.3 Å². The van der Waals surface area contributed by atoms with Crippen LogP contribution in [0.2, 0.25) is 0 Å². The quantitative estimate of drug-likeness (QED) is 0.836. The maximum absolute atomic E-state index is 12.4. The van der Waals surface area contributed by atoms with Crippen molar-refractivity contribution < 1.29 is 14.7 Å². The van der Waals surface area contributed by atoms with Crippen LogP contribution < -0.4 is 5.32 Å². The molecule has 0 bridgehead atoms. The first-order valence-electron chi connectivity index (χ1n) is 8.66. The molecule has 1 saturated heterocycles. The van der Waals surface area contributed by atoms with Gasteiger partial charge >= 0.3 is 11.8 Å². The minimum Gasteiger partial charge on any atom is -0.396 e. The fourth-order valence-corrected chi connectivity index (χ4v) is 3.09. The summed E-state index contributed by atoms with van der Waals surface area (Å²) in [6.45, 7) is 7.00. The summed E-state index contributed by atoms with van der Waals surface area (Å²) < 4.78 is 0. The summed E-state index contributed by atoms with van der Waals surface area (Å²) in [6, 6.07) is 7.55. The molecule has 1 atom stereocenters. The average molecular weight is 332 g/mol. The number of anilines is 1. The van der Waals surface area contributed by atoms with Crippen LogP contribution in [-0.4, -0.2) is 41.0 Å². The van der Waals surface area contributed by atoms with Crippen molar-refractivity contribution in [1.29, 1.82) is 0 Å². The van der Waals surface area contributed by atoms with Gasteiger partial charge in [-0.1, -0.05) is 32.9 Å². The van der Waals surface area contributed by atoms with Gasteiger partial charge in [-0.2, -0.15) is 0 Å². The van der Waals surface area contributed by atoms with Gasteiger partial charge in [-0.05, 0) is 48.8 Å². The van der Waals surface area contributed by atoms with Crippen molar-refractivity contribution in [1.82, 2.24) is 4.90 Å². The van der Waals surface area contributed by atoms with Crippen LogP contribution in [0.1, 0.15) is 52.0 Å². The first kappa shape index (κ1) is 18.5. The summed E-state index contributed by atoms with van der Waals surface area (Å²) in [6.07, 6.45) is 3.31. The predicted octanol–water partition coefficient (Wildman–Crippen LogP) is 2.69. The molecular weight excluding hydrogens is 304 g/mol. The van der Waals surface area contributed by atoms with Gasteiger partial charge in [-0.25, -0.2) is 0 Å². The molecule has 0 saturated carbocycles. The molecule has 0 radical (unpaired) electrons. The van der Waals surface area contributed by atoms with Gasteiger partial charge < -0.3 is 15.3 Å². The molecule has 1 aromatic rings. The Morgan fingerprint density at radius 1 is 1.21 bits per heavy atom. The van der Waals surface area contributed by atoms with Crippen molar-refractivity contribution in [3.8, 4) is 0 Å². The number of piperidine rings is 1. The Kier molecular flexibility index (Phi) is 5.99. The molecule has 2 rings (SSSR count). The molecule has 1 unspecified atom stereocenters. The summed E-state index contributed by atoms with van der Waals surface area (Å²) in [5, 5.41) is 11.8. The highest BCUT2D eigenvalue weighted by molar-refractivity contribution is 6.39. The van der Waals surface area contributed by atoms with Gasteiger partial charge in [0.2, 0.25) is 0 Å². The van der Waals surface area contributed by atoms with Gasteiger partial charge in [-0.3, -0.25) is 9.59 Å². The van der Waals surface area contributed by atoms with Crippen LogP contribution in [0, 0.1) is 0 Å². The van der Waals surface area contributed by atoms with Crippen LogP contribution in [-0.2, 0) is 15.0 Å². The molecule has 0 aromatic heterocycles. The number of likely N-dealkylation sites (tertiary alicyclic amines) is 1. The minimum atomic E-state index is -0.608. The van der Waals surface area contributed by atoms with Crippen LogP contribution in [0.15, 0.2) is 24.3 Å². The predicted molar refractivity (Wildman–Crippen MR) is 94.8 cm³/mol. The van der Waals surface area contributed by atoms with Gasteiger partial charge in [0, 0.05) is 24.9 Å². The first-order valence-corrected chi connectivity index (χ1v) is 8.66. The van der Waals surface area contributed by atoms with Crippen molar-refractivity contribution in [2.45, 2.75) is 57.9 Å². The number of aliphatic hydroxyl groups excluding tert-OH is 1. The number of benzene rings is 1. The van der Waals surface area contributed by atoms with E-state index in [2.05, 4.69) is 26.1 Å². The van der Waals surface area contributed by atoms with Gasteiger partial charge in [-0.15, -0.1) is 0 Å². The zero-order chi connectivity index (χ0) is 17.7. The lowest BCUT2D eigenvalue weighted by Crippen LogP contribution is -2.48. The highest BCUT2D eigenvalue weighted by atomic mass is 16.3. The molecule has 1 heterocycles. The van der Waals surface area contributed by atoms with Gasteiger partial charge in [0.05, 0.1) is 0 Å². The zero-order valence-corrected chi connectivity index (χ0v) is 14.8. The van der Waals surface area contributed by atoms with Crippen molar-refractivity contribution >= 4 is 17.5 Å². The maximum atomic E-state index is 12.4. The largest absolute Gasteiger partial charge is 0.396 e. The fourth-order valence-electron chi connectivity index (χ4n) is 3.09. The van der Waals surface area contributed by atoms with Gasteiger partial charge in [0.15, 0.2) is 0 Å². The normalized spacial score (nSPS) is 18.3. The second-order valence-corrected chi connectivity index (χ2v) is 7.44. The fraction of sp³-hybridized carbons (Fsp3) is 0.579. The standard InChI is InChI=1S/C19H28N2O3/c1-19(2,3)14-7-9-15(10-8-14)20-17(23)18(24)21-12-5-4-6-16(21)11-13-22/h7-10,16,22H,4-6,11-13H2,1-3H3,(H,20,23). The van der Waals surface area contributed by atoms with Gasteiger partial charge in [0.1, 0.15) is 0 Å². The van der Waals surface area contributed by atoms with Crippen molar-refractivity contribution in [3.63, 3.8) is 0 Å². The molecule has 1 aliphatic heterocycles. The van der Waals surface area contributed by atoms with E-state index in [1.54, 1.807) is 4.90 Å². The minimum absolute atomic E-state index is 0.0321. The number of hydrogen-bond donors (Lipinski definition) is 2. The Bertz CT molecular complexity index is 573. The van der Waals surface area contributed by atoms with E-state index in [0.29, 0.717) is 18.7 Å². The van der Waals surface area contributed by atoms with E-state index < -0.39 is 11.8 Å². The second kappa shape index (κ2) is 7.79. The molecule has 1 fully saturated rings. The lowest BCUT2D eigenvalue weighted by atomic mass is 9.87. The Hall–Kier alpha value is -1.88. The van der Waals surface area contributed by atoms with Gasteiger partial charge in [0.25, 0.3) is 0 Å². The van der Waals surface area contributed by atoms with Crippen molar-refractivity contribution in [2.24, 2.45) is 0 Å².